The van der Waals surface area contributed by atoms with Crippen LogP contribution >= 0.6 is 0 Å². The van der Waals surface area contributed by atoms with Gasteiger partial charge in [0.15, 0.2) is 0 Å². The number of hydrogen-bond acceptors (Lipinski definition) is 3. The monoisotopic (exact) mass is 447 g/mol. The molecular formula is C30H30BNO2. The van der Waals surface area contributed by atoms with E-state index < -0.39 is 18.5 Å². The van der Waals surface area contributed by atoms with Gasteiger partial charge in [-0.1, -0.05) is 84.9 Å². The summed E-state index contributed by atoms with van der Waals surface area (Å²) in [5.74, 6) is 0. The lowest BCUT2D eigenvalue weighted by molar-refractivity contribution is 0.00578. The Morgan fingerprint density at radius 3 is 1.15 bits per heavy atom. The van der Waals surface area contributed by atoms with Crippen molar-refractivity contribution < 1.29 is 9.31 Å². The van der Waals surface area contributed by atoms with Gasteiger partial charge in [-0.25, -0.2) is 0 Å². The van der Waals surface area contributed by atoms with Gasteiger partial charge in [0, 0.05) is 11.4 Å². The van der Waals surface area contributed by atoms with Crippen LogP contribution in [-0.2, 0) is 9.31 Å². The second-order valence-electron chi connectivity index (χ2n) is 9.76. The first-order valence-electron chi connectivity index (χ1n) is 11.8. The van der Waals surface area contributed by atoms with Crippen molar-refractivity contribution in [2.75, 3.05) is 4.81 Å². The van der Waals surface area contributed by atoms with Crippen molar-refractivity contribution in [2.45, 2.75) is 38.9 Å². The molecule has 0 unspecified atom stereocenters. The van der Waals surface area contributed by atoms with Crippen molar-refractivity contribution in [2.24, 2.45) is 0 Å². The largest absolute Gasteiger partial charge is 0.598 e. The van der Waals surface area contributed by atoms with Crippen molar-refractivity contribution in [3.63, 3.8) is 0 Å². The van der Waals surface area contributed by atoms with Crippen LogP contribution in [0.3, 0.4) is 0 Å². The highest BCUT2D eigenvalue weighted by molar-refractivity contribution is 6.53. The van der Waals surface area contributed by atoms with Crippen LogP contribution in [0, 0.1) is 0 Å². The summed E-state index contributed by atoms with van der Waals surface area (Å²) in [6.45, 7) is 8.34. The smallest absolute Gasteiger partial charge is 0.384 e. The van der Waals surface area contributed by atoms with Gasteiger partial charge in [-0.15, -0.1) is 0 Å². The van der Waals surface area contributed by atoms with Crippen molar-refractivity contribution in [3.8, 4) is 22.3 Å². The Balaban J connectivity index is 1.52. The second-order valence-corrected chi connectivity index (χ2v) is 9.76. The Kier molecular flexibility index (Phi) is 5.80. The summed E-state index contributed by atoms with van der Waals surface area (Å²) >= 11 is 0. The fourth-order valence-electron chi connectivity index (χ4n) is 4.20. The van der Waals surface area contributed by atoms with Gasteiger partial charge in [0.05, 0.1) is 11.2 Å². The van der Waals surface area contributed by atoms with E-state index in [0.717, 1.165) is 11.4 Å². The minimum absolute atomic E-state index is 0.427. The molecule has 0 aliphatic carbocycles. The van der Waals surface area contributed by atoms with Crippen molar-refractivity contribution in [1.29, 1.82) is 0 Å². The fourth-order valence-corrected chi connectivity index (χ4v) is 4.20. The number of benzene rings is 4. The number of nitrogens with zero attached hydrogens (tertiary/aromatic N) is 1. The zero-order valence-corrected chi connectivity index (χ0v) is 20.2. The van der Waals surface area contributed by atoms with E-state index in [1.165, 1.54) is 22.3 Å². The summed E-state index contributed by atoms with van der Waals surface area (Å²) < 4.78 is 12.9. The Hall–Kier alpha value is -3.34. The van der Waals surface area contributed by atoms with Gasteiger partial charge in [-0.05, 0) is 74.2 Å². The molecule has 4 aromatic rings. The molecule has 4 aromatic carbocycles. The molecule has 4 heteroatoms. The van der Waals surface area contributed by atoms with Crippen LogP contribution in [0.25, 0.3) is 22.3 Å². The summed E-state index contributed by atoms with van der Waals surface area (Å²) in [5.41, 5.74) is 5.94. The maximum Gasteiger partial charge on any atom is 0.598 e. The van der Waals surface area contributed by atoms with Gasteiger partial charge >= 0.3 is 7.25 Å². The van der Waals surface area contributed by atoms with E-state index in [2.05, 4.69) is 130 Å². The van der Waals surface area contributed by atoms with Crippen LogP contribution in [0.15, 0.2) is 109 Å². The van der Waals surface area contributed by atoms with Crippen molar-refractivity contribution >= 4 is 18.6 Å². The zero-order valence-electron chi connectivity index (χ0n) is 20.2. The summed E-state index contributed by atoms with van der Waals surface area (Å²) in [5, 5.41) is 0. The Morgan fingerprint density at radius 2 is 0.794 bits per heavy atom. The van der Waals surface area contributed by atoms with E-state index in [9.17, 15) is 0 Å². The standard InChI is InChI=1S/C30H30BNO2/c1-29(2)30(3,4)34-31(33-29)32(27-19-15-25(16-20-27)23-11-7-5-8-12-23)28-21-17-26(18-22-28)24-13-9-6-10-14-24/h5-22H,1-4H3. The van der Waals surface area contributed by atoms with Gasteiger partial charge in [0.25, 0.3) is 0 Å². The maximum atomic E-state index is 6.47. The average molecular weight is 447 g/mol. The molecule has 1 saturated heterocycles. The molecule has 3 nitrogen and oxygen atoms in total. The molecule has 170 valence electrons. The predicted molar refractivity (Wildman–Crippen MR) is 142 cm³/mol. The lowest BCUT2D eigenvalue weighted by atomic mass is 9.90. The van der Waals surface area contributed by atoms with Crippen LogP contribution in [0.2, 0.25) is 0 Å². The number of hydrogen-bond donors (Lipinski definition) is 0. The van der Waals surface area contributed by atoms with Gasteiger partial charge in [0.1, 0.15) is 0 Å². The van der Waals surface area contributed by atoms with Crippen LogP contribution in [0.4, 0.5) is 11.4 Å². The normalized spacial score (nSPS) is 16.4. The summed E-state index contributed by atoms with van der Waals surface area (Å²) in [4.78, 5) is 2.14. The van der Waals surface area contributed by atoms with Crippen molar-refractivity contribution in [1.82, 2.24) is 0 Å². The highest BCUT2D eigenvalue weighted by Gasteiger charge is 2.54. The molecule has 0 bridgehead atoms. The summed E-state index contributed by atoms with van der Waals surface area (Å²) in [7, 11) is -0.532. The molecule has 1 aliphatic rings. The molecule has 0 aromatic heterocycles. The van der Waals surface area contributed by atoms with Crippen LogP contribution < -0.4 is 4.81 Å². The molecule has 5 rings (SSSR count). The molecule has 34 heavy (non-hydrogen) atoms. The quantitative estimate of drug-likeness (QED) is 0.292. The Morgan fingerprint density at radius 1 is 0.471 bits per heavy atom. The molecule has 0 spiro atoms. The van der Waals surface area contributed by atoms with Gasteiger partial charge < -0.3 is 14.1 Å². The molecule has 0 saturated carbocycles. The summed E-state index contributed by atoms with van der Waals surface area (Å²) in [6, 6.07) is 38.0. The molecule has 1 fully saturated rings. The number of anilines is 2. The maximum absolute atomic E-state index is 6.47. The first-order chi connectivity index (χ1) is 16.3. The predicted octanol–water partition coefficient (Wildman–Crippen LogP) is 7.75. The van der Waals surface area contributed by atoms with Crippen molar-refractivity contribution in [3.05, 3.63) is 109 Å². The van der Waals surface area contributed by atoms with E-state index in [1.807, 2.05) is 12.1 Å². The number of rotatable bonds is 5. The van der Waals surface area contributed by atoms with E-state index >= 15 is 0 Å². The lowest BCUT2D eigenvalue weighted by Crippen LogP contribution is -2.41. The molecule has 1 heterocycles. The highest BCUT2D eigenvalue weighted by Crippen LogP contribution is 2.41. The lowest BCUT2D eigenvalue weighted by Gasteiger charge is -2.32. The first-order valence-corrected chi connectivity index (χ1v) is 11.8. The van der Waals surface area contributed by atoms with E-state index in [1.54, 1.807) is 0 Å². The van der Waals surface area contributed by atoms with Gasteiger partial charge in [-0.3, -0.25) is 0 Å². The Labute approximate surface area is 203 Å². The van der Waals surface area contributed by atoms with Crippen LogP contribution in [-0.4, -0.2) is 18.5 Å². The summed E-state index contributed by atoms with van der Waals surface area (Å²) in [6.07, 6.45) is 0. The molecule has 0 atom stereocenters. The van der Waals surface area contributed by atoms with E-state index in [4.69, 9.17) is 9.31 Å². The molecule has 0 amide bonds. The van der Waals surface area contributed by atoms with Crippen LogP contribution in [0.5, 0.6) is 0 Å². The highest BCUT2D eigenvalue weighted by atomic mass is 16.7. The zero-order chi connectivity index (χ0) is 23.8. The van der Waals surface area contributed by atoms with Gasteiger partial charge in [-0.2, -0.15) is 0 Å². The Bertz CT molecular complexity index is 1140. The third-order valence-corrected chi connectivity index (χ3v) is 6.96. The third kappa shape index (κ3) is 4.27. The third-order valence-electron chi connectivity index (χ3n) is 6.96. The van der Waals surface area contributed by atoms with Gasteiger partial charge in [0.2, 0.25) is 0 Å². The van der Waals surface area contributed by atoms with E-state index in [-0.39, 0.29) is 0 Å². The molecule has 1 aliphatic heterocycles. The molecular weight excluding hydrogens is 417 g/mol. The van der Waals surface area contributed by atoms with Crippen LogP contribution in [0.1, 0.15) is 27.7 Å². The average Bonchev–Trinajstić information content (AvgIpc) is 3.07. The SMILES string of the molecule is CC1(C)OB(N(c2ccc(-c3ccccc3)cc2)c2ccc(-c3ccccc3)cc2)OC1(C)C. The topological polar surface area (TPSA) is 21.7 Å². The second kappa shape index (κ2) is 8.79. The van der Waals surface area contributed by atoms with E-state index in [0.29, 0.717) is 0 Å². The fraction of sp³-hybridized carbons (Fsp3) is 0.200. The molecule has 0 radical (unpaired) electrons. The minimum atomic E-state index is -0.532. The minimum Gasteiger partial charge on any atom is -0.384 e. The first kappa shape index (κ1) is 22.5. The molecule has 0 N–H and O–H groups in total.